The molecule has 0 saturated heterocycles. The van der Waals surface area contributed by atoms with E-state index < -0.39 is 29.4 Å². The summed E-state index contributed by atoms with van der Waals surface area (Å²) >= 11 is 0. The van der Waals surface area contributed by atoms with Gasteiger partial charge in [-0.25, -0.2) is 4.98 Å². The molecule has 1 aromatic rings. The van der Waals surface area contributed by atoms with Gasteiger partial charge >= 0.3 is 6.18 Å². The Labute approximate surface area is 160 Å². The van der Waals surface area contributed by atoms with Crippen LogP contribution in [0.1, 0.15) is 31.2 Å². The lowest BCUT2D eigenvalue weighted by Crippen LogP contribution is -2.41. The fraction of sp³-hybridized carbons (Fsp3) is 0.647. The van der Waals surface area contributed by atoms with E-state index in [-0.39, 0.29) is 56.1 Å². The Morgan fingerprint density at radius 1 is 1.26 bits per heavy atom. The van der Waals surface area contributed by atoms with E-state index in [0.717, 1.165) is 25.0 Å². The molecule has 6 nitrogen and oxygen atoms in total. The van der Waals surface area contributed by atoms with Gasteiger partial charge < -0.3 is 20.3 Å². The first-order valence-corrected chi connectivity index (χ1v) is 8.48. The predicted octanol–water partition coefficient (Wildman–Crippen LogP) is 1.93. The van der Waals surface area contributed by atoms with Crippen molar-refractivity contribution >= 4 is 18.3 Å². The molecule has 152 valence electrons. The molecule has 3 rings (SSSR count). The summed E-state index contributed by atoms with van der Waals surface area (Å²) < 4.78 is 43.2. The monoisotopic (exact) mass is 410 g/mol. The summed E-state index contributed by atoms with van der Waals surface area (Å²) in [5.41, 5.74) is -1.57. The van der Waals surface area contributed by atoms with Gasteiger partial charge in [-0.2, -0.15) is 13.2 Å². The Balaban J connectivity index is 0.00000261. The lowest BCUT2D eigenvalue weighted by Gasteiger charge is -2.29. The molecule has 0 spiro atoms. The van der Waals surface area contributed by atoms with E-state index in [1.54, 1.807) is 0 Å². The molecule has 2 aliphatic rings. The van der Waals surface area contributed by atoms with Crippen LogP contribution in [-0.4, -0.2) is 46.5 Å². The van der Waals surface area contributed by atoms with Gasteiger partial charge in [0.25, 0.3) is 0 Å². The summed E-state index contributed by atoms with van der Waals surface area (Å²) in [6, 6.07) is 2.00. The minimum atomic E-state index is -4.47. The fourth-order valence-electron chi connectivity index (χ4n) is 3.18. The Morgan fingerprint density at radius 3 is 2.37 bits per heavy atom. The minimum Gasteiger partial charge on any atom is -0.477 e. The number of rotatable bonds is 6. The van der Waals surface area contributed by atoms with Crippen LogP contribution >= 0.6 is 12.4 Å². The van der Waals surface area contributed by atoms with Gasteiger partial charge in [-0.3, -0.25) is 4.79 Å². The van der Waals surface area contributed by atoms with Gasteiger partial charge in [0.2, 0.25) is 11.8 Å². The van der Waals surface area contributed by atoms with E-state index in [9.17, 15) is 28.2 Å². The average molecular weight is 411 g/mol. The van der Waals surface area contributed by atoms with Crippen LogP contribution in [0.4, 0.5) is 13.2 Å². The topological polar surface area (TPSA) is 91.7 Å². The van der Waals surface area contributed by atoms with Crippen molar-refractivity contribution in [3.05, 3.63) is 23.9 Å². The zero-order chi connectivity index (χ0) is 18.9. The molecule has 3 N–H and O–H groups in total. The van der Waals surface area contributed by atoms with Crippen molar-refractivity contribution in [2.24, 2.45) is 11.3 Å². The van der Waals surface area contributed by atoms with Gasteiger partial charge in [-0.15, -0.1) is 12.4 Å². The predicted molar refractivity (Wildman–Crippen MR) is 91.4 cm³/mol. The second-order valence-electron chi connectivity index (χ2n) is 7.21. The summed E-state index contributed by atoms with van der Waals surface area (Å²) in [5, 5.41) is 22.6. The van der Waals surface area contributed by atoms with Crippen LogP contribution in [0.3, 0.4) is 0 Å². The lowest BCUT2D eigenvalue weighted by molar-refractivity contribution is -0.137. The highest BCUT2D eigenvalue weighted by atomic mass is 35.5. The van der Waals surface area contributed by atoms with Crippen LogP contribution in [0, 0.1) is 11.3 Å². The molecule has 1 heterocycles. The van der Waals surface area contributed by atoms with Gasteiger partial charge in [0.05, 0.1) is 24.4 Å². The maximum Gasteiger partial charge on any atom is 0.417 e. The van der Waals surface area contributed by atoms with Crippen molar-refractivity contribution < 1.29 is 32.9 Å². The highest BCUT2D eigenvalue weighted by molar-refractivity contribution is 5.85. The number of carbonyl (C=O) groups is 1. The highest BCUT2D eigenvalue weighted by Gasteiger charge is 2.45. The first-order valence-electron chi connectivity index (χ1n) is 8.48. The number of aliphatic hydroxyl groups is 2. The number of carbonyl (C=O) groups excluding carboxylic acids is 1. The zero-order valence-corrected chi connectivity index (χ0v) is 15.2. The first kappa shape index (κ1) is 21.7. The Morgan fingerprint density at radius 2 is 1.89 bits per heavy atom. The molecular formula is C17H22ClF3N2O4. The van der Waals surface area contributed by atoms with Crippen molar-refractivity contribution in [1.82, 2.24) is 10.3 Å². The molecule has 10 heteroatoms. The van der Waals surface area contributed by atoms with E-state index in [0.29, 0.717) is 6.20 Å². The number of hydrogen-bond acceptors (Lipinski definition) is 5. The number of halogens is 4. The third-order valence-corrected chi connectivity index (χ3v) is 4.90. The molecule has 0 aliphatic heterocycles. The summed E-state index contributed by atoms with van der Waals surface area (Å²) in [6.45, 7) is 0.238. The quantitative estimate of drug-likeness (QED) is 0.666. The van der Waals surface area contributed by atoms with E-state index >= 15 is 0 Å². The van der Waals surface area contributed by atoms with E-state index in [2.05, 4.69) is 10.3 Å². The number of pyridine rings is 1. The summed E-state index contributed by atoms with van der Waals surface area (Å²) in [6.07, 6.45) is -3.49. The molecule has 2 aliphatic carbocycles. The molecule has 3 atom stereocenters. The maximum atomic E-state index is 12.6. The SMILES string of the molecule is Cl.O=C(NCC1(COc2ccc(C(F)(F)F)cn2)C[C@@H](O)[C@@H](O)C1)C1CC1. The van der Waals surface area contributed by atoms with Crippen LogP contribution in [-0.2, 0) is 11.0 Å². The largest absolute Gasteiger partial charge is 0.477 e. The molecular weight excluding hydrogens is 389 g/mol. The molecule has 27 heavy (non-hydrogen) atoms. The van der Waals surface area contributed by atoms with Crippen molar-refractivity contribution in [1.29, 1.82) is 0 Å². The molecule has 1 unspecified atom stereocenters. The maximum absolute atomic E-state index is 12.6. The Kier molecular flexibility index (Phi) is 6.59. The number of aliphatic hydroxyl groups excluding tert-OH is 2. The number of nitrogens with zero attached hydrogens (tertiary/aromatic N) is 1. The second-order valence-corrected chi connectivity index (χ2v) is 7.21. The Bertz CT molecular complexity index is 643. The third-order valence-electron chi connectivity index (χ3n) is 4.90. The normalized spacial score (nSPS) is 27.7. The van der Waals surface area contributed by atoms with Crippen molar-refractivity contribution in [2.75, 3.05) is 13.2 Å². The summed E-state index contributed by atoms with van der Waals surface area (Å²) in [4.78, 5) is 15.5. The van der Waals surface area contributed by atoms with Crippen molar-refractivity contribution in [3.8, 4) is 5.88 Å². The zero-order valence-electron chi connectivity index (χ0n) is 14.4. The summed E-state index contributed by atoms with van der Waals surface area (Å²) in [5.74, 6) is -0.0181. The number of ether oxygens (including phenoxy) is 1. The number of amides is 1. The lowest BCUT2D eigenvalue weighted by atomic mass is 9.86. The minimum absolute atomic E-state index is 0. The number of hydrogen-bond donors (Lipinski definition) is 3. The summed E-state index contributed by atoms with van der Waals surface area (Å²) in [7, 11) is 0. The number of aromatic nitrogens is 1. The molecule has 2 fully saturated rings. The smallest absolute Gasteiger partial charge is 0.417 e. The molecule has 0 bridgehead atoms. The third kappa shape index (κ3) is 5.46. The Hall–Kier alpha value is -1.58. The van der Waals surface area contributed by atoms with Crippen molar-refractivity contribution in [3.63, 3.8) is 0 Å². The second kappa shape index (κ2) is 8.20. The standard InChI is InChI=1S/C17H21F3N2O4.ClH/c18-17(19,20)11-3-4-14(21-7-11)26-9-16(5-12(23)13(24)6-16)8-22-15(25)10-1-2-10;/h3-4,7,10,12-13,23-24H,1-2,5-6,8-9H2,(H,22,25);1H/t12-,13+,16?;. The van der Waals surface area contributed by atoms with E-state index in [1.165, 1.54) is 0 Å². The molecule has 1 amide bonds. The molecule has 1 aromatic heterocycles. The van der Waals surface area contributed by atoms with Gasteiger partial charge in [-0.1, -0.05) is 0 Å². The van der Waals surface area contributed by atoms with Gasteiger partial charge in [-0.05, 0) is 31.7 Å². The van der Waals surface area contributed by atoms with Crippen LogP contribution in [0.5, 0.6) is 5.88 Å². The van der Waals surface area contributed by atoms with Crippen molar-refractivity contribution in [2.45, 2.75) is 44.1 Å². The van der Waals surface area contributed by atoms with Crippen LogP contribution in [0.25, 0.3) is 0 Å². The van der Waals surface area contributed by atoms with E-state index in [4.69, 9.17) is 4.74 Å². The number of alkyl halides is 3. The molecule has 0 radical (unpaired) electrons. The molecule has 2 saturated carbocycles. The van der Waals surface area contributed by atoms with Gasteiger partial charge in [0.15, 0.2) is 0 Å². The fourth-order valence-corrected chi connectivity index (χ4v) is 3.18. The number of nitrogens with one attached hydrogen (secondary N) is 1. The van der Waals surface area contributed by atoms with Crippen LogP contribution < -0.4 is 10.1 Å². The van der Waals surface area contributed by atoms with Gasteiger partial charge in [0, 0.05) is 30.1 Å². The van der Waals surface area contributed by atoms with Crippen LogP contribution in [0.2, 0.25) is 0 Å². The highest BCUT2D eigenvalue weighted by Crippen LogP contribution is 2.39. The first-order chi connectivity index (χ1) is 12.2. The van der Waals surface area contributed by atoms with Gasteiger partial charge in [0.1, 0.15) is 0 Å². The molecule has 0 aromatic carbocycles. The van der Waals surface area contributed by atoms with E-state index in [1.807, 2.05) is 0 Å². The average Bonchev–Trinajstić information content (AvgIpc) is 3.38. The van der Waals surface area contributed by atoms with Crippen LogP contribution in [0.15, 0.2) is 18.3 Å².